The minimum atomic E-state index is 0.227. The van der Waals surface area contributed by atoms with Crippen LogP contribution in [0.3, 0.4) is 0 Å². The Morgan fingerprint density at radius 1 is 0.714 bits per heavy atom. The number of carbonyl (C=O) groups excluding carboxylic acids is 1. The molecule has 0 bridgehead atoms. The standard InChI is InChI=1S/C24H50N2OS/c1-4-5-6-7-8-9-10-11-12-13-14-16-22-28-23-17-15-19-24(27)25-20-18-21-26(2)3/h4-23H2,1-3H3,(H,25,27). The van der Waals surface area contributed by atoms with Crippen molar-refractivity contribution in [1.29, 1.82) is 0 Å². The molecule has 0 fully saturated rings. The molecule has 4 heteroatoms. The summed E-state index contributed by atoms with van der Waals surface area (Å²) in [5.74, 6) is 2.74. The van der Waals surface area contributed by atoms with Crippen LogP contribution in [0.15, 0.2) is 0 Å². The maximum Gasteiger partial charge on any atom is 0.219 e. The molecule has 0 heterocycles. The Hall–Kier alpha value is -0.220. The van der Waals surface area contributed by atoms with E-state index in [0.717, 1.165) is 25.9 Å². The van der Waals surface area contributed by atoms with E-state index >= 15 is 0 Å². The predicted molar refractivity (Wildman–Crippen MR) is 128 cm³/mol. The highest BCUT2D eigenvalue weighted by Crippen LogP contribution is 2.14. The SMILES string of the molecule is CCCCCCCCCCCCCCSCCCCC(=O)NCCCN(C)C. The summed E-state index contributed by atoms with van der Waals surface area (Å²) in [6, 6.07) is 0. The molecule has 0 aromatic carbocycles. The van der Waals surface area contributed by atoms with Crippen molar-refractivity contribution >= 4 is 17.7 Å². The van der Waals surface area contributed by atoms with Crippen LogP contribution in [0.5, 0.6) is 0 Å². The molecule has 168 valence electrons. The molecule has 0 aliphatic rings. The Morgan fingerprint density at radius 2 is 1.21 bits per heavy atom. The second-order valence-corrected chi connectivity index (χ2v) is 9.69. The molecule has 1 amide bonds. The fraction of sp³-hybridized carbons (Fsp3) is 0.958. The summed E-state index contributed by atoms with van der Waals surface area (Å²) >= 11 is 2.07. The minimum Gasteiger partial charge on any atom is -0.356 e. The number of unbranched alkanes of at least 4 members (excludes halogenated alkanes) is 12. The monoisotopic (exact) mass is 414 g/mol. The minimum absolute atomic E-state index is 0.227. The smallest absolute Gasteiger partial charge is 0.219 e. The fourth-order valence-corrected chi connectivity index (χ4v) is 4.37. The Balaban J connectivity index is 3.11. The van der Waals surface area contributed by atoms with Gasteiger partial charge in [0.15, 0.2) is 0 Å². The van der Waals surface area contributed by atoms with Gasteiger partial charge in [0.1, 0.15) is 0 Å². The summed E-state index contributed by atoms with van der Waals surface area (Å²) in [4.78, 5) is 13.9. The van der Waals surface area contributed by atoms with E-state index in [1.54, 1.807) is 0 Å². The van der Waals surface area contributed by atoms with Crippen LogP contribution >= 0.6 is 11.8 Å². The predicted octanol–water partition coefficient (Wildman–Crippen LogP) is 6.66. The lowest BCUT2D eigenvalue weighted by Gasteiger charge is -2.09. The molecule has 0 saturated carbocycles. The van der Waals surface area contributed by atoms with Gasteiger partial charge in [-0.25, -0.2) is 0 Å². The molecule has 0 saturated heterocycles. The first-order chi connectivity index (χ1) is 13.7. The van der Waals surface area contributed by atoms with E-state index in [2.05, 4.69) is 43.0 Å². The molecule has 28 heavy (non-hydrogen) atoms. The van der Waals surface area contributed by atoms with Gasteiger partial charge in [-0.15, -0.1) is 0 Å². The van der Waals surface area contributed by atoms with Crippen molar-refractivity contribution in [3.8, 4) is 0 Å². The average Bonchev–Trinajstić information content (AvgIpc) is 2.67. The normalized spacial score (nSPS) is 11.3. The van der Waals surface area contributed by atoms with Gasteiger partial charge >= 0.3 is 0 Å². The average molecular weight is 415 g/mol. The van der Waals surface area contributed by atoms with E-state index in [1.165, 1.54) is 95.0 Å². The lowest BCUT2D eigenvalue weighted by atomic mass is 10.1. The van der Waals surface area contributed by atoms with Crippen LogP contribution in [0.4, 0.5) is 0 Å². The molecule has 1 N–H and O–H groups in total. The molecule has 0 spiro atoms. The van der Waals surface area contributed by atoms with Crippen LogP contribution in [0.1, 0.15) is 110 Å². The summed E-state index contributed by atoms with van der Waals surface area (Å²) in [5.41, 5.74) is 0. The molecule has 0 unspecified atom stereocenters. The first-order valence-corrected chi connectivity index (χ1v) is 13.3. The summed E-state index contributed by atoms with van der Waals surface area (Å²) in [5, 5.41) is 3.02. The van der Waals surface area contributed by atoms with Crippen molar-refractivity contribution in [2.75, 3.05) is 38.7 Å². The highest BCUT2D eigenvalue weighted by molar-refractivity contribution is 7.99. The number of rotatable bonds is 22. The molecular formula is C24H50N2OS. The van der Waals surface area contributed by atoms with Gasteiger partial charge in [-0.1, -0.05) is 77.6 Å². The second-order valence-electron chi connectivity index (χ2n) is 8.47. The molecule has 0 rings (SSSR count). The Kier molecular flexibility index (Phi) is 22.9. The van der Waals surface area contributed by atoms with Crippen LogP contribution in [-0.2, 0) is 4.79 Å². The maximum absolute atomic E-state index is 11.7. The largest absolute Gasteiger partial charge is 0.356 e. The van der Waals surface area contributed by atoms with Crippen molar-refractivity contribution in [3.05, 3.63) is 0 Å². The van der Waals surface area contributed by atoms with Crippen LogP contribution < -0.4 is 5.32 Å². The van der Waals surface area contributed by atoms with E-state index in [4.69, 9.17) is 0 Å². The number of carbonyl (C=O) groups is 1. The first-order valence-electron chi connectivity index (χ1n) is 12.2. The molecule has 0 aliphatic carbocycles. The van der Waals surface area contributed by atoms with Crippen molar-refractivity contribution in [3.63, 3.8) is 0 Å². The number of amides is 1. The van der Waals surface area contributed by atoms with Gasteiger partial charge in [-0.05, 0) is 57.8 Å². The summed E-state index contributed by atoms with van der Waals surface area (Å²) in [6.07, 6.45) is 21.0. The van der Waals surface area contributed by atoms with E-state index in [9.17, 15) is 4.79 Å². The van der Waals surface area contributed by atoms with Gasteiger partial charge in [0.2, 0.25) is 5.91 Å². The van der Waals surface area contributed by atoms with Gasteiger partial charge < -0.3 is 10.2 Å². The molecular weight excluding hydrogens is 364 g/mol. The maximum atomic E-state index is 11.7. The molecule has 0 atom stereocenters. The van der Waals surface area contributed by atoms with Crippen molar-refractivity contribution < 1.29 is 4.79 Å². The van der Waals surface area contributed by atoms with Crippen molar-refractivity contribution in [1.82, 2.24) is 10.2 Å². The van der Waals surface area contributed by atoms with Crippen LogP contribution in [-0.4, -0.2) is 49.5 Å². The Labute approximate surface area is 181 Å². The number of thioether (sulfide) groups is 1. The van der Waals surface area contributed by atoms with E-state index in [0.29, 0.717) is 6.42 Å². The van der Waals surface area contributed by atoms with Gasteiger partial charge in [0.05, 0.1) is 0 Å². The van der Waals surface area contributed by atoms with Crippen LogP contribution in [0.25, 0.3) is 0 Å². The summed E-state index contributed by atoms with van der Waals surface area (Å²) in [6.45, 7) is 4.13. The van der Waals surface area contributed by atoms with Crippen molar-refractivity contribution in [2.24, 2.45) is 0 Å². The molecule has 0 aromatic heterocycles. The first kappa shape index (κ1) is 27.8. The molecule has 3 nitrogen and oxygen atoms in total. The third-order valence-electron chi connectivity index (χ3n) is 5.19. The molecule has 0 aliphatic heterocycles. The van der Waals surface area contributed by atoms with Gasteiger partial charge in [0.25, 0.3) is 0 Å². The topological polar surface area (TPSA) is 32.3 Å². The van der Waals surface area contributed by atoms with E-state index in [1.807, 2.05) is 0 Å². The summed E-state index contributed by atoms with van der Waals surface area (Å²) in [7, 11) is 4.13. The zero-order valence-electron chi connectivity index (χ0n) is 19.4. The highest BCUT2D eigenvalue weighted by atomic mass is 32.2. The van der Waals surface area contributed by atoms with Gasteiger partial charge in [-0.3, -0.25) is 4.79 Å². The quantitative estimate of drug-likeness (QED) is 0.201. The highest BCUT2D eigenvalue weighted by Gasteiger charge is 2.01. The molecule has 0 aromatic rings. The summed E-state index contributed by atoms with van der Waals surface area (Å²) < 4.78 is 0. The van der Waals surface area contributed by atoms with Crippen molar-refractivity contribution in [2.45, 2.75) is 110 Å². The van der Waals surface area contributed by atoms with Gasteiger partial charge in [-0.2, -0.15) is 11.8 Å². The third-order valence-corrected chi connectivity index (χ3v) is 6.34. The Bertz CT molecular complexity index is 324. The fourth-order valence-electron chi connectivity index (χ4n) is 3.35. The Morgan fingerprint density at radius 3 is 1.75 bits per heavy atom. The van der Waals surface area contributed by atoms with Gasteiger partial charge in [0, 0.05) is 13.0 Å². The number of hydrogen-bond donors (Lipinski definition) is 1. The lowest BCUT2D eigenvalue weighted by Crippen LogP contribution is -2.26. The molecule has 0 radical (unpaired) electrons. The second kappa shape index (κ2) is 23.1. The third kappa shape index (κ3) is 23.8. The number of nitrogens with one attached hydrogen (secondary N) is 1. The van der Waals surface area contributed by atoms with Crippen LogP contribution in [0.2, 0.25) is 0 Å². The lowest BCUT2D eigenvalue weighted by molar-refractivity contribution is -0.121. The zero-order chi connectivity index (χ0) is 20.7. The number of nitrogens with zero attached hydrogens (tertiary/aromatic N) is 1. The van der Waals surface area contributed by atoms with E-state index in [-0.39, 0.29) is 5.91 Å². The number of hydrogen-bond acceptors (Lipinski definition) is 3. The van der Waals surface area contributed by atoms with Crippen LogP contribution in [0, 0.1) is 0 Å². The van der Waals surface area contributed by atoms with E-state index < -0.39 is 0 Å². The zero-order valence-corrected chi connectivity index (χ0v) is 20.2.